The zero-order chi connectivity index (χ0) is 10.1. The lowest BCUT2D eigenvalue weighted by Gasteiger charge is -2.09. The average Bonchev–Trinajstić information content (AvgIpc) is 2.04. The first-order valence-electron chi connectivity index (χ1n) is 4.41. The summed E-state index contributed by atoms with van der Waals surface area (Å²) in [6.07, 6.45) is -0.231. The SMILES string of the molecule is CCOC(C#CCC(C)=O)OCC. The van der Waals surface area contributed by atoms with Crippen molar-refractivity contribution in [3.8, 4) is 11.8 Å². The van der Waals surface area contributed by atoms with E-state index in [1.165, 1.54) is 6.92 Å². The van der Waals surface area contributed by atoms with Gasteiger partial charge in [0.15, 0.2) is 0 Å². The van der Waals surface area contributed by atoms with E-state index in [4.69, 9.17) is 9.47 Å². The Balaban J connectivity index is 3.88. The molecule has 0 aromatic carbocycles. The van der Waals surface area contributed by atoms with E-state index < -0.39 is 6.29 Å². The third-order valence-corrected chi connectivity index (χ3v) is 1.19. The highest BCUT2D eigenvalue weighted by molar-refractivity contribution is 5.78. The van der Waals surface area contributed by atoms with Crippen molar-refractivity contribution in [2.45, 2.75) is 33.5 Å². The first kappa shape index (κ1) is 12.2. The molecule has 0 N–H and O–H groups in total. The number of carbonyl (C=O) groups is 1. The largest absolute Gasteiger partial charge is 0.342 e. The van der Waals surface area contributed by atoms with E-state index in [1.54, 1.807) is 0 Å². The molecule has 0 fully saturated rings. The minimum atomic E-state index is -0.491. The maximum absolute atomic E-state index is 10.6. The van der Waals surface area contributed by atoms with Gasteiger partial charge in [-0.1, -0.05) is 5.92 Å². The number of rotatable bonds is 5. The fraction of sp³-hybridized carbons (Fsp3) is 0.700. The van der Waals surface area contributed by atoms with Crippen LogP contribution in [0, 0.1) is 11.8 Å². The molecule has 0 aliphatic heterocycles. The van der Waals surface area contributed by atoms with Gasteiger partial charge < -0.3 is 9.47 Å². The van der Waals surface area contributed by atoms with Gasteiger partial charge in [-0.2, -0.15) is 0 Å². The Labute approximate surface area is 79.4 Å². The minimum Gasteiger partial charge on any atom is -0.342 e. The molecule has 0 saturated heterocycles. The van der Waals surface area contributed by atoms with Crippen LogP contribution in [0.3, 0.4) is 0 Å². The number of Topliss-reactive ketones (excluding diaryl/α,β-unsaturated/α-hetero) is 1. The molecule has 0 aromatic heterocycles. The van der Waals surface area contributed by atoms with E-state index in [0.717, 1.165) is 0 Å². The van der Waals surface area contributed by atoms with Gasteiger partial charge in [0.25, 0.3) is 0 Å². The van der Waals surface area contributed by atoms with Gasteiger partial charge >= 0.3 is 0 Å². The van der Waals surface area contributed by atoms with Gasteiger partial charge in [0.05, 0.1) is 6.42 Å². The number of ketones is 1. The smallest absolute Gasteiger partial charge is 0.222 e. The zero-order valence-electron chi connectivity index (χ0n) is 8.42. The molecule has 3 heteroatoms. The molecule has 0 atom stereocenters. The summed E-state index contributed by atoms with van der Waals surface area (Å²) in [5.41, 5.74) is 0. The van der Waals surface area contributed by atoms with Crippen LogP contribution in [-0.2, 0) is 14.3 Å². The summed E-state index contributed by atoms with van der Waals surface area (Å²) in [5.74, 6) is 5.50. The van der Waals surface area contributed by atoms with Crippen LogP contribution in [0.4, 0.5) is 0 Å². The van der Waals surface area contributed by atoms with Crippen LogP contribution in [0.2, 0.25) is 0 Å². The lowest BCUT2D eigenvalue weighted by Crippen LogP contribution is -2.14. The Morgan fingerprint density at radius 2 is 1.85 bits per heavy atom. The fourth-order valence-corrected chi connectivity index (χ4v) is 0.693. The highest BCUT2D eigenvalue weighted by atomic mass is 16.7. The van der Waals surface area contributed by atoms with Crippen molar-refractivity contribution in [2.75, 3.05) is 13.2 Å². The van der Waals surface area contributed by atoms with E-state index >= 15 is 0 Å². The Kier molecular flexibility index (Phi) is 7.27. The summed E-state index contributed by atoms with van der Waals surface area (Å²) in [7, 11) is 0. The van der Waals surface area contributed by atoms with Crippen LogP contribution in [-0.4, -0.2) is 25.3 Å². The van der Waals surface area contributed by atoms with Gasteiger partial charge in [-0.05, 0) is 26.7 Å². The van der Waals surface area contributed by atoms with Gasteiger partial charge in [-0.3, -0.25) is 4.79 Å². The quantitative estimate of drug-likeness (QED) is 0.478. The first-order valence-corrected chi connectivity index (χ1v) is 4.41. The first-order chi connectivity index (χ1) is 6.20. The predicted octanol–water partition coefficient (Wildman–Crippen LogP) is 1.37. The maximum Gasteiger partial charge on any atom is 0.222 e. The second-order valence-corrected chi connectivity index (χ2v) is 2.44. The van der Waals surface area contributed by atoms with Gasteiger partial charge in [0, 0.05) is 13.2 Å². The average molecular weight is 184 g/mol. The maximum atomic E-state index is 10.6. The van der Waals surface area contributed by atoms with Crippen LogP contribution < -0.4 is 0 Å². The summed E-state index contributed by atoms with van der Waals surface area (Å²) >= 11 is 0. The topological polar surface area (TPSA) is 35.5 Å². The van der Waals surface area contributed by atoms with E-state index in [0.29, 0.717) is 13.2 Å². The monoisotopic (exact) mass is 184 g/mol. The summed E-state index contributed by atoms with van der Waals surface area (Å²) in [4.78, 5) is 10.6. The van der Waals surface area contributed by atoms with Crippen LogP contribution in [0.15, 0.2) is 0 Å². The van der Waals surface area contributed by atoms with Crippen LogP contribution in [0.1, 0.15) is 27.2 Å². The van der Waals surface area contributed by atoms with Crippen LogP contribution in [0.5, 0.6) is 0 Å². The van der Waals surface area contributed by atoms with E-state index in [9.17, 15) is 4.79 Å². The van der Waals surface area contributed by atoms with Crippen molar-refractivity contribution >= 4 is 5.78 Å². The molecule has 0 rings (SSSR count). The number of hydrogen-bond donors (Lipinski definition) is 0. The van der Waals surface area contributed by atoms with Gasteiger partial charge in [-0.15, -0.1) is 0 Å². The second kappa shape index (κ2) is 7.78. The summed E-state index contributed by atoms with van der Waals surface area (Å²) in [6, 6.07) is 0. The molecule has 0 aliphatic carbocycles. The molecular weight excluding hydrogens is 168 g/mol. The van der Waals surface area contributed by atoms with Gasteiger partial charge in [-0.25, -0.2) is 0 Å². The Bertz CT molecular complexity index is 194. The Morgan fingerprint density at radius 1 is 1.31 bits per heavy atom. The molecular formula is C10H16O3. The van der Waals surface area contributed by atoms with E-state index in [1.807, 2.05) is 13.8 Å². The molecule has 0 amide bonds. The highest BCUT2D eigenvalue weighted by Crippen LogP contribution is 1.92. The predicted molar refractivity (Wildman–Crippen MR) is 50.1 cm³/mol. The molecule has 3 nitrogen and oxygen atoms in total. The molecule has 74 valence electrons. The summed E-state index contributed by atoms with van der Waals surface area (Å²) in [5, 5.41) is 0. The highest BCUT2D eigenvalue weighted by Gasteiger charge is 2.01. The Morgan fingerprint density at radius 3 is 2.23 bits per heavy atom. The summed E-state index contributed by atoms with van der Waals surface area (Å²) < 4.78 is 10.3. The van der Waals surface area contributed by atoms with Crippen LogP contribution >= 0.6 is 0 Å². The minimum absolute atomic E-state index is 0.0549. The van der Waals surface area contributed by atoms with Crippen molar-refractivity contribution in [1.82, 2.24) is 0 Å². The number of hydrogen-bond acceptors (Lipinski definition) is 3. The lowest BCUT2D eigenvalue weighted by molar-refractivity contribution is -0.116. The third kappa shape index (κ3) is 7.51. The van der Waals surface area contributed by atoms with Gasteiger partial charge in [0.1, 0.15) is 5.78 Å². The van der Waals surface area contributed by atoms with Crippen molar-refractivity contribution in [3.05, 3.63) is 0 Å². The van der Waals surface area contributed by atoms with Crippen molar-refractivity contribution in [1.29, 1.82) is 0 Å². The van der Waals surface area contributed by atoms with E-state index in [-0.39, 0.29) is 12.2 Å². The summed E-state index contributed by atoms with van der Waals surface area (Å²) in [6.45, 7) is 6.36. The van der Waals surface area contributed by atoms with Crippen molar-refractivity contribution in [2.24, 2.45) is 0 Å². The van der Waals surface area contributed by atoms with E-state index in [2.05, 4.69) is 11.8 Å². The normalized spacial score (nSPS) is 9.54. The van der Waals surface area contributed by atoms with Crippen molar-refractivity contribution < 1.29 is 14.3 Å². The molecule has 0 unspecified atom stereocenters. The fourth-order valence-electron chi connectivity index (χ4n) is 0.693. The third-order valence-electron chi connectivity index (χ3n) is 1.19. The number of ether oxygens (including phenoxy) is 2. The number of carbonyl (C=O) groups excluding carboxylic acids is 1. The zero-order valence-corrected chi connectivity index (χ0v) is 8.42. The Hall–Kier alpha value is -0.850. The van der Waals surface area contributed by atoms with Crippen molar-refractivity contribution in [3.63, 3.8) is 0 Å². The van der Waals surface area contributed by atoms with Crippen LogP contribution in [0.25, 0.3) is 0 Å². The molecule has 0 heterocycles. The standard InChI is InChI=1S/C10H16O3/c1-4-12-10(13-5-2)8-6-7-9(3)11/h10H,4-5,7H2,1-3H3. The second-order valence-electron chi connectivity index (χ2n) is 2.44. The molecule has 0 aromatic rings. The molecule has 13 heavy (non-hydrogen) atoms. The van der Waals surface area contributed by atoms with Gasteiger partial charge in [0.2, 0.25) is 6.29 Å². The molecule has 0 spiro atoms. The molecule has 0 saturated carbocycles. The molecule has 0 aliphatic rings. The molecule has 0 radical (unpaired) electrons. The molecule has 0 bridgehead atoms. The lowest BCUT2D eigenvalue weighted by atomic mass is 10.3.